The Bertz CT molecular complexity index is 955. The summed E-state index contributed by atoms with van der Waals surface area (Å²) < 4.78 is 7.24. The van der Waals surface area contributed by atoms with Gasteiger partial charge in [0.2, 0.25) is 5.91 Å². The SMILES string of the molecule is Cn1nnnc1-c1cccc(NCC(=O)N[C@@H]2CCOc3ccccc32)c1. The molecule has 0 saturated carbocycles. The van der Waals surface area contributed by atoms with E-state index in [1.54, 1.807) is 11.7 Å². The zero-order valence-corrected chi connectivity index (χ0v) is 14.9. The fourth-order valence-corrected chi connectivity index (χ4v) is 3.16. The van der Waals surface area contributed by atoms with Crippen molar-refractivity contribution in [2.75, 3.05) is 18.5 Å². The lowest BCUT2D eigenvalue weighted by Gasteiger charge is -2.26. The minimum Gasteiger partial charge on any atom is -0.493 e. The summed E-state index contributed by atoms with van der Waals surface area (Å²) in [5.41, 5.74) is 2.73. The Balaban J connectivity index is 1.39. The minimum atomic E-state index is -0.0672. The van der Waals surface area contributed by atoms with E-state index in [0.29, 0.717) is 12.4 Å². The third-order valence-electron chi connectivity index (χ3n) is 4.49. The van der Waals surface area contributed by atoms with E-state index in [2.05, 4.69) is 26.2 Å². The average Bonchev–Trinajstić information content (AvgIpc) is 3.13. The van der Waals surface area contributed by atoms with Gasteiger partial charge in [-0.1, -0.05) is 30.3 Å². The maximum absolute atomic E-state index is 12.4. The summed E-state index contributed by atoms with van der Waals surface area (Å²) in [6.07, 6.45) is 0.761. The lowest BCUT2D eigenvalue weighted by molar-refractivity contribution is -0.120. The van der Waals surface area contributed by atoms with E-state index in [-0.39, 0.29) is 18.5 Å². The first kappa shape index (κ1) is 17.0. The summed E-state index contributed by atoms with van der Waals surface area (Å²) in [6, 6.07) is 15.4. The van der Waals surface area contributed by atoms with E-state index in [0.717, 1.165) is 29.0 Å². The van der Waals surface area contributed by atoms with Gasteiger partial charge >= 0.3 is 0 Å². The number of aryl methyl sites for hydroxylation is 1. The number of nitrogens with zero attached hydrogens (tertiary/aromatic N) is 4. The second-order valence-corrected chi connectivity index (χ2v) is 6.36. The Labute approximate surface area is 156 Å². The normalized spacial score (nSPS) is 15.5. The number of benzene rings is 2. The molecule has 0 fully saturated rings. The molecule has 0 radical (unpaired) electrons. The molecule has 27 heavy (non-hydrogen) atoms. The highest BCUT2D eigenvalue weighted by atomic mass is 16.5. The van der Waals surface area contributed by atoms with Crippen LogP contribution in [0.4, 0.5) is 5.69 Å². The Morgan fingerprint density at radius 2 is 2.15 bits per heavy atom. The molecule has 0 saturated heterocycles. The Kier molecular flexibility index (Phi) is 4.69. The van der Waals surface area contributed by atoms with Gasteiger partial charge in [-0.2, -0.15) is 0 Å². The lowest BCUT2D eigenvalue weighted by Crippen LogP contribution is -2.35. The van der Waals surface area contributed by atoms with Gasteiger partial charge < -0.3 is 15.4 Å². The van der Waals surface area contributed by atoms with Crippen LogP contribution in [0.3, 0.4) is 0 Å². The van der Waals surface area contributed by atoms with Crippen LogP contribution in [0.25, 0.3) is 11.4 Å². The van der Waals surface area contributed by atoms with Crippen molar-refractivity contribution < 1.29 is 9.53 Å². The average molecular weight is 364 g/mol. The standard InChI is InChI=1S/C19H20N6O2/c1-25-19(22-23-24-25)13-5-4-6-14(11-13)20-12-18(26)21-16-9-10-27-17-8-3-2-7-15(16)17/h2-8,11,16,20H,9-10,12H2,1H3,(H,21,26)/t16-/m1/s1. The third-order valence-corrected chi connectivity index (χ3v) is 4.49. The maximum atomic E-state index is 12.4. The van der Waals surface area contributed by atoms with Gasteiger partial charge in [-0.25, -0.2) is 4.68 Å². The van der Waals surface area contributed by atoms with Crippen LogP contribution in [0.5, 0.6) is 5.75 Å². The number of hydrogen-bond donors (Lipinski definition) is 2. The molecule has 0 unspecified atom stereocenters. The van der Waals surface area contributed by atoms with Crippen LogP contribution in [0, 0.1) is 0 Å². The number of para-hydroxylation sites is 1. The molecule has 138 valence electrons. The summed E-state index contributed by atoms with van der Waals surface area (Å²) in [6.45, 7) is 0.781. The van der Waals surface area contributed by atoms with Crippen LogP contribution < -0.4 is 15.4 Å². The van der Waals surface area contributed by atoms with Crippen molar-refractivity contribution in [2.24, 2.45) is 7.05 Å². The number of tetrazole rings is 1. The predicted molar refractivity (Wildman–Crippen MR) is 100 cm³/mol. The van der Waals surface area contributed by atoms with E-state index in [1.165, 1.54) is 0 Å². The monoisotopic (exact) mass is 364 g/mol. The van der Waals surface area contributed by atoms with Crippen molar-refractivity contribution in [2.45, 2.75) is 12.5 Å². The van der Waals surface area contributed by atoms with Crippen molar-refractivity contribution in [3.8, 4) is 17.1 Å². The van der Waals surface area contributed by atoms with Crippen LogP contribution >= 0.6 is 0 Å². The van der Waals surface area contributed by atoms with Gasteiger partial charge in [0.1, 0.15) is 5.75 Å². The van der Waals surface area contributed by atoms with E-state index in [4.69, 9.17) is 4.74 Å². The molecule has 0 spiro atoms. The lowest BCUT2D eigenvalue weighted by atomic mass is 10.0. The van der Waals surface area contributed by atoms with Gasteiger partial charge in [-0.05, 0) is 28.6 Å². The van der Waals surface area contributed by atoms with E-state index < -0.39 is 0 Å². The molecule has 1 atom stereocenters. The predicted octanol–water partition coefficient (Wildman–Crippen LogP) is 1.93. The van der Waals surface area contributed by atoms with Gasteiger partial charge in [-0.3, -0.25) is 4.79 Å². The van der Waals surface area contributed by atoms with Crippen LogP contribution in [-0.2, 0) is 11.8 Å². The van der Waals surface area contributed by atoms with Crippen molar-refractivity contribution in [1.29, 1.82) is 0 Å². The molecule has 3 aromatic rings. The molecule has 2 heterocycles. The van der Waals surface area contributed by atoms with Crippen LogP contribution in [0.15, 0.2) is 48.5 Å². The third kappa shape index (κ3) is 3.74. The number of carbonyl (C=O) groups excluding carboxylic acids is 1. The molecular formula is C19H20N6O2. The molecule has 1 amide bonds. The first-order chi connectivity index (χ1) is 13.2. The van der Waals surface area contributed by atoms with Crippen LogP contribution in [0.1, 0.15) is 18.0 Å². The number of rotatable bonds is 5. The van der Waals surface area contributed by atoms with Crippen molar-refractivity contribution in [1.82, 2.24) is 25.5 Å². The second kappa shape index (κ2) is 7.45. The molecule has 2 aromatic carbocycles. The fraction of sp³-hybridized carbons (Fsp3) is 0.263. The molecule has 0 bridgehead atoms. The number of fused-ring (bicyclic) bond motifs is 1. The highest BCUT2D eigenvalue weighted by Gasteiger charge is 2.22. The van der Waals surface area contributed by atoms with E-state index in [1.807, 2.05) is 48.5 Å². The molecule has 4 rings (SSSR count). The van der Waals surface area contributed by atoms with E-state index >= 15 is 0 Å². The molecule has 0 aliphatic carbocycles. The van der Waals surface area contributed by atoms with Gasteiger partial charge in [0.15, 0.2) is 5.82 Å². The quantitative estimate of drug-likeness (QED) is 0.718. The van der Waals surface area contributed by atoms with Gasteiger partial charge in [0.05, 0.1) is 19.2 Å². The van der Waals surface area contributed by atoms with Crippen molar-refractivity contribution >= 4 is 11.6 Å². The van der Waals surface area contributed by atoms with Gasteiger partial charge in [0.25, 0.3) is 0 Å². The van der Waals surface area contributed by atoms with Crippen LogP contribution in [-0.4, -0.2) is 39.3 Å². The summed E-state index contributed by atoms with van der Waals surface area (Å²) in [7, 11) is 1.79. The summed E-state index contributed by atoms with van der Waals surface area (Å²) in [4.78, 5) is 12.4. The van der Waals surface area contributed by atoms with Gasteiger partial charge in [-0.15, -0.1) is 5.10 Å². The summed E-state index contributed by atoms with van der Waals surface area (Å²) >= 11 is 0. The van der Waals surface area contributed by atoms with E-state index in [9.17, 15) is 4.79 Å². The zero-order chi connectivity index (χ0) is 18.6. The number of nitrogens with one attached hydrogen (secondary N) is 2. The Morgan fingerprint density at radius 3 is 3.00 bits per heavy atom. The topological polar surface area (TPSA) is 94.0 Å². The molecule has 1 aliphatic rings. The smallest absolute Gasteiger partial charge is 0.239 e. The zero-order valence-electron chi connectivity index (χ0n) is 14.9. The number of anilines is 1. The Hall–Kier alpha value is -3.42. The second-order valence-electron chi connectivity index (χ2n) is 6.36. The number of hydrogen-bond acceptors (Lipinski definition) is 6. The van der Waals surface area contributed by atoms with Gasteiger partial charge in [0, 0.05) is 30.3 Å². The molecule has 8 heteroatoms. The van der Waals surface area contributed by atoms with Crippen molar-refractivity contribution in [3.05, 3.63) is 54.1 Å². The summed E-state index contributed by atoms with van der Waals surface area (Å²) in [5, 5.41) is 17.7. The molecular weight excluding hydrogens is 344 g/mol. The first-order valence-corrected chi connectivity index (χ1v) is 8.78. The minimum absolute atomic E-state index is 0.0275. The molecule has 8 nitrogen and oxygen atoms in total. The molecule has 1 aromatic heterocycles. The highest BCUT2D eigenvalue weighted by molar-refractivity contribution is 5.81. The summed E-state index contributed by atoms with van der Waals surface area (Å²) in [5.74, 6) is 1.44. The number of carbonyl (C=O) groups is 1. The number of amides is 1. The fourth-order valence-electron chi connectivity index (χ4n) is 3.16. The number of aromatic nitrogens is 4. The van der Waals surface area contributed by atoms with Crippen molar-refractivity contribution in [3.63, 3.8) is 0 Å². The largest absolute Gasteiger partial charge is 0.493 e. The maximum Gasteiger partial charge on any atom is 0.239 e. The number of ether oxygens (including phenoxy) is 1. The highest BCUT2D eigenvalue weighted by Crippen LogP contribution is 2.31. The first-order valence-electron chi connectivity index (χ1n) is 8.78. The van der Waals surface area contributed by atoms with Crippen LogP contribution in [0.2, 0.25) is 0 Å². The molecule has 1 aliphatic heterocycles. The Morgan fingerprint density at radius 1 is 1.26 bits per heavy atom. The molecule has 2 N–H and O–H groups in total.